The molecule has 0 spiro atoms. The highest BCUT2D eigenvalue weighted by Crippen LogP contribution is 2.00. The van der Waals surface area contributed by atoms with Crippen LogP contribution in [0.25, 0.3) is 0 Å². The lowest BCUT2D eigenvalue weighted by atomic mass is 10.2. The van der Waals surface area contributed by atoms with Crippen molar-refractivity contribution in [2.24, 2.45) is 0 Å². The third-order valence-electron chi connectivity index (χ3n) is 1.79. The van der Waals surface area contributed by atoms with Gasteiger partial charge in [-0.25, -0.2) is 14.4 Å². The molecule has 0 heterocycles. The molecule has 0 rings (SSSR count). The van der Waals surface area contributed by atoms with Crippen molar-refractivity contribution in [1.82, 2.24) is 0 Å². The lowest BCUT2D eigenvalue weighted by Gasteiger charge is -2.02. The van der Waals surface area contributed by atoms with E-state index >= 15 is 0 Å². The van der Waals surface area contributed by atoms with Crippen molar-refractivity contribution >= 4 is 23.9 Å². The van der Waals surface area contributed by atoms with Crippen LogP contribution < -0.4 is 0 Å². The number of hydrogen-bond donors (Lipinski definition) is 3. The van der Waals surface area contributed by atoms with Gasteiger partial charge in [-0.3, -0.25) is 4.79 Å². The molecule has 0 bridgehead atoms. The second-order valence-corrected chi connectivity index (χ2v) is 3.67. The van der Waals surface area contributed by atoms with Gasteiger partial charge in [-0.05, 0) is 6.42 Å². The SMILES string of the molecule is C=C(CC(=O)OCCCC)C(=O)O.O=C(O)/C=C\C(=O)O. The average Bonchev–Trinajstić information content (AvgIpc) is 2.37. The summed E-state index contributed by atoms with van der Waals surface area (Å²) in [5.74, 6) is -4.20. The first-order valence-electron chi connectivity index (χ1n) is 5.91. The number of carboxylic acids is 3. The maximum absolute atomic E-state index is 10.9. The molecule has 0 fully saturated rings. The molecule has 0 aromatic heterocycles. The first-order chi connectivity index (χ1) is 9.70. The smallest absolute Gasteiger partial charge is 0.331 e. The predicted octanol–water partition coefficient (Wildman–Crippen LogP) is 1.07. The van der Waals surface area contributed by atoms with Crippen LogP contribution in [-0.2, 0) is 23.9 Å². The highest BCUT2D eigenvalue weighted by molar-refractivity contribution is 5.91. The molecule has 0 atom stereocenters. The zero-order chi connectivity index (χ0) is 16.8. The Morgan fingerprint density at radius 1 is 1.05 bits per heavy atom. The van der Waals surface area contributed by atoms with E-state index in [1.165, 1.54) is 0 Å². The van der Waals surface area contributed by atoms with Crippen molar-refractivity contribution in [1.29, 1.82) is 0 Å². The minimum atomic E-state index is -1.26. The zero-order valence-electron chi connectivity index (χ0n) is 11.6. The number of rotatable bonds is 8. The first-order valence-corrected chi connectivity index (χ1v) is 5.91. The Balaban J connectivity index is 0. The second-order valence-electron chi connectivity index (χ2n) is 3.67. The summed E-state index contributed by atoms with van der Waals surface area (Å²) in [4.78, 5) is 40.3. The van der Waals surface area contributed by atoms with Crippen LogP contribution in [0.15, 0.2) is 24.3 Å². The number of carbonyl (C=O) groups is 4. The van der Waals surface area contributed by atoms with Crippen LogP contribution in [0.3, 0.4) is 0 Å². The molecule has 0 saturated carbocycles. The second kappa shape index (κ2) is 12.4. The number of unbranched alkanes of at least 4 members (excludes halogenated alkanes) is 1. The van der Waals surface area contributed by atoms with E-state index in [1.807, 2.05) is 6.92 Å². The van der Waals surface area contributed by atoms with E-state index in [0.717, 1.165) is 12.8 Å². The predicted molar refractivity (Wildman–Crippen MR) is 71.7 cm³/mol. The third kappa shape index (κ3) is 17.4. The molecule has 0 amide bonds. The van der Waals surface area contributed by atoms with Gasteiger partial charge in [0.1, 0.15) is 0 Å². The van der Waals surface area contributed by atoms with E-state index in [4.69, 9.17) is 20.1 Å². The van der Waals surface area contributed by atoms with E-state index in [2.05, 4.69) is 6.58 Å². The van der Waals surface area contributed by atoms with Crippen LogP contribution in [0.4, 0.5) is 0 Å². The maximum atomic E-state index is 10.9. The van der Waals surface area contributed by atoms with Crippen molar-refractivity contribution in [2.45, 2.75) is 26.2 Å². The van der Waals surface area contributed by atoms with Gasteiger partial charge in [0.2, 0.25) is 0 Å². The highest BCUT2D eigenvalue weighted by Gasteiger charge is 2.10. The van der Waals surface area contributed by atoms with Crippen LogP contribution in [0.1, 0.15) is 26.2 Å². The Kier molecular flexibility index (Phi) is 12.2. The maximum Gasteiger partial charge on any atom is 0.331 e. The summed E-state index contributed by atoms with van der Waals surface area (Å²) in [5.41, 5.74) is -0.138. The van der Waals surface area contributed by atoms with Crippen molar-refractivity contribution in [2.75, 3.05) is 6.61 Å². The highest BCUT2D eigenvalue weighted by atomic mass is 16.5. The van der Waals surface area contributed by atoms with Gasteiger partial charge < -0.3 is 20.1 Å². The molecule has 0 radical (unpaired) electrons. The van der Waals surface area contributed by atoms with E-state index < -0.39 is 23.9 Å². The van der Waals surface area contributed by atoms with E-state index in [9.17, 15) is 19.2 Å². The molecule has 118 valence electrons. The molecular formula is C13H18O8. The fourth-order valence-corrected chi connectivity index (χ4v) is 0.774. The Morgan fingerprint density at radius 2 is 1.52 bits per heavy atom. The number of carboxylic acid groups (broad SMARTS) is 3. The van der Waals surface area contributed by atoms with Crippen LogP contribution in [0.2, 0.25) is 0 Å². The summed E-state index contributed by atoms with van der Waals surface area (Å²) in [6.45, 7) is 5.55. The van der Waals surface area contributed by atoms with Gasteiger partial charge >= 0.3 is 23.9 Å². The number of hydrogen-bond acceptors (Lipinski definition) is 5. The lowest BCUT2D eigenvalue weighted by Crippen LogP contribution is -2.10. The molecule has 8 nitrogen and oxygen atoms in total. The molecule has 8 heteroatoms. The fraction of sp³-hybridized carbons (Fsp3) is 0.385. The normalized spacial score (nSPS) is 9.38. The van der Waals surface area contributed by atoms with E-state index in [0.29, 0.717) is 18.8 Å². The number of ether oxygens (including phenoxy) is 1. The Bertz CT molecular complexity index is 406. The minimum Gasteiger partial charge on any atom is -0.478 e. The molecule has 3 N–H and O–H groups in total. The van der Waals surface area contributed by atoms with Gasteiger partial charge in [0, 0.05) is 17.7 Å². The molecule has 21 heavy (non-hydrogen) atoms. The number of aliphatic carboxylic acids is 3. The number of esters is 1. The van der Waals surface area contributed by atoms with Crippen molar-refractivity contribution < 1.29 is 39.2 Å². The minimum absolute atomic E-state index is 0.138. The van der Waals surface area contributed by atoms with Gasteiger partial charge in [0.05, 0.1) is 13.0 Å². The fourth-order valence-electron chi connectivity index (χ4n) is 0.774. The van der Waals surface area contributed by atoms with Gasteiger partial charge in [0.25, 0.3) is 0 Å². The molecule has 0 aliphatic heterocycles. The van der Waals surface area contributed by atoms with Crippen LogP contribution in [0.5, 0.6) is 0 Å². The van der Waals surface area contributed by atoms with Gasteiger partial charge in [-0.15, -0.1) is 0 Å². The molecule has 0 aromatic rings. The average molecular weight is 302 g/mol. The van der Waals surface area contributed by atoms with Crippen LogP contribution in [0, 0.1) is 0 Å². The third-order valence-corrected chi connectivity index (χ3v) is 1.79. The summed E-state index contributed by atoms with van der Waals surface area (Å²) >= 11 is 0. The Labute approximate surface area is 121 Å². The van der Waals surface area contributed by atoms with Crippen LogP contribution in [-0.4, -0.2) is 45.8 Å². The lowest BCUT2D eigenvalue weighted by molar-refractivity contribution is -0.144. The van der Waals surface area contributed by atoms with Crippen molar-refractivity contribution in [3.8, 4) is 0 Å². The summed E-state index contributed by atoms with van der Waals surface area (Å²) in [6, 6.07) is 0. The largest absolute Gasteiger partial charge is 0.478 e. The molecule has 0 aliphatic rings. The topological polar surface area (TPSA) is 138 Å². The van der Waals surface area contributed by atoms with Crippen LogP contribution >= 0.6 is 0 Å². The van der Waals surface area contributed by atoms with E-state index in [1.54, 1.807) is 0 Å². The Hall–Kier alpha value is -2.64. The summed E-state index contributed by atoms with van der Waals surface area (Å²) < 4.78 is 4.74. The number of carbonyl (C=O) groups excluding carboxylic acids is 1. The van der Waals surface area contributed by atoms with Gasteiger partial charge in [-0.2, -0.15) is 0 Å². The zero-order valence-corrected chi connectivity index (χ0v) is 11.6. The molecule has 0 unspecified atom stereocenters. The summed E-state index contributed by atoms with van der Waals surface area (Å²) in [7, 11) is 0. The van der Waals surface area contributed by atoms with Crippen molar-refractivity contribution in [3.63, 3.8) is 0 Å². The summed E-state index contributed by atoms with van der Waals surface area (Å²) in [5, 5.41) is 24.0. The molecule has 0 saturated heterocycles. The van der Waals surface area contributed by atoms with Gasteiger partial charge in [0.15, 0.2) is 0 Å². The monoisotopic (exact) mass is 302 g/mol. The summed E-state index contributed by atoms with van der Waals surface area (Å²) in [6.07, 6.45) is 2.61. The molecular weight excluding hydrogens is 284 g/mol. The van der Waals surface area contributed by atoms with Crippen molar-refractivity contribution in [3.05, 3.63) is 24.3 Å². The molecule has 0 aliphatic carbocycles. The Morgan fingerprint density at radius 3 is 1.86 bits per heavy atom. The first kappa shape index (κ1) is 20.7. The molecule has 0 aromatic carbocycles. The van der Waals surface area contributed by atoms with Gasteiger partial charge in [-0.1, -0.05) is 19.9 Å². The van der Waals surface area contributed by atoms with E-state index in [-0.39, 0.29) is 12.0 Å². The standard InChI is InChI=1S/C9H14O4.C4H4O4/c1-3-4-5-13-8(10)6-7(2)9(11)12;5-3(6)1-2-4(7)8/h2-6H2,1H3,(H,11,12);1-2H,(H,5,6)(H,7,8)/b;2-1-. The quantitative estimate of drug-likeness (QED) is 0.344.